The molecule has 0 unspecified atom stereocenters. The minimum absolute atomic E-state index is 0.420. The number of aromatic nitrogens is 1. The van der Waals surface area contributed by atoms with Crippen LogP contribution in [0.25, 0.3) is 10.9 Å². The van der Waals surface area contributed by atoms with Crippen LogP contribution in [0.4, 0.5) is 4.79 Å². The predicted molar refractivity (Wildman–Crippen MR) is 61.5 cm³/mol. The molecule has 0 aliphatic carbocycles. The molecule has 2 rings (SSSR count). The highest BCUT2D eigenvalue weighted by atomic mass is 16.4. The van der Waals surface area contributed by atoms with Crippen molar-refractivity contribution in [2.75, 3.05) is 6.54 Å². The number of carboxylic acid groups (broad SMARTS) is 1. The molecule has 2 N–H and O–H groups in total. The van der Waals surface area contributed by atoms with Crippen LogP contribution in [0, 0.1) is 0 Å². The second kappa shape index (κ2) is 4.61. The fraction of sp³-hybridized carbons (Fsp3) is 0.167. The summed E-state index contributed by atoms with van der Waals surface area (Å²) in [5, 5.41) is 11.9. The minimum atomic E-state index is -0.988. The molecule has 0 aliphatic rings. The number of nitrogens with zero attached hydrogens (tertiary/aromatic N) is 1. The second-order valence-electron chi connectivity index (χ2n) is 3.47. The smallest absolute Gasteiger partial charge is 0.404 e. The molecular formula is C12H12N2O2. The molecule has 82 valence electrons. The van der Waals surface area contributed by atoms with Crippen molar-refractivity contribution >= 4 is 17.0 Å². The van der Waals surface area contributed by atoms with Crippen LogP contribution in [0.2, 0.25) is 0 Å². The Labute approximate surface area is 92.9 Å². The highest BCUT2D eigenvalue weighted by molar-refractivity contribution is 5.82. The number of hydrogen-bond donors (Lipinski definition) is 2. The molecule has 0 saturated heterocycles. The van der Waals surface area contributed by atoms with Gasteiger partial charge in [0.15, 0.2) is 0 Å². The topological polar surface area (TPSA) is 62.2 Å². The molecule has 0 spiro atoms. The van der Waals surface area contributed by atoms with Crippen molar-refractivity contribution in [2.24, 2.45) is 0 Å². The zero-order valence-electron chi connectivity index (χ0n) is 8.68. The van der Waals surface area contributed by atoms with Gasteiger partial charge in [0.2, 0.25) is 0 Å². The maximum absolute atomic E-state index is 10.3. The lowest BCUT2D eigenvalue weighted by Crippen LogP contribution is -2.23. The summed E-state index contributed by atoms with van der Waals surface area (Å²) in [6.45, 7) is 0.420. The fourth-order valence-corrected chi connectivity index (χ4v) is 1.69. The highest BCUT2D eigenvalue weighted by Crippen LogP contribution is 2.16. The van der Waals surface area contributed by atoms with Gasteiger partial charge in [-0.05, 0) is 24.1 Å². The van der Waals surface area contributed by atoms with Crippen LogP contribution in [0.15, 0.2) is 36.5 Å². The minimum Gasteiger partial charge on any atom is -0.465 e. The van der Waals surface area contributed by atoms with E-state index >= 15 is 0 Å². The molecular weight excluding hydrogens is 204 g/mol. The molecule has 1 amide bonds. The summed E-state index contributed by atoms with van der Waals surface area (Å²) < 4.78 is 0. The number of fused-ring (bicyclic) bond motifs is 1. The average molecular weight is 216 g/mol. The molecule has 0 radical (unpaired) electrons. The van der Waals surface area contributed by atoms with Crippen LogP contribution >= 0.6 is 0 Å². The van der Waals surface area contributed by atoms with Gasteiger partial charge in [-0.2, -0.15) is 0 Å². The van der Waals surface area contributed by atoms with Gasteiger partial charge in [0.05, 0.1) is 5.52 Å². The van der Waals surface area contributed by atoms with Gasteiger partial charge in [0, 0.05) is 18.1 Å². The molecule has 2 aromatic rings. The van der Waals surface area contributed by atoms with Gasteiger partial charge in [-0.3, -0.25) is 4.98 Å². The average Bonchev–Trinajstić information content (AvgIpc) is 2.29. The van der Waals surface area contributed by atoms with Crippen LogP contribution in [-0.4, -0.2) is 22.7 Å². The standard InChI is InChI=1S/C12H12N2O2/c15-12(16)14-8-6-9-3-1-5-11-10(9)4-2-7-13-11/h1-5,7,14H,6,8H2,(H,15,16). The first kappa shape index (κ1) is 10.4. The first-order valence-corrected chi connectivity index (χ1v) is 5.07. The number of amides is 1. The monoisotopic (exact) mass is 216 g/mol. The molecule has 4 heteroatoms. The Bertz CT molecular complexity index is 506. The van der Waals surface area contributed by atoms with Crippen LogP contribution in [0.1, 0.15) is 5.56 Å². The van der Waals surface area contributed by atoms with Crippen molar-refractivity contribution in [3.8, 4) is 0 Å². The molecule has 0 fully saturated rings. The van der Waals surface area contributed by atoms with Crippen LogP contribution in [0.5, 0.6) is 0 Å². The van der Waals surface area contributed by atoms with E-state index in [1.165, 1.54) is 0 Å². The summed E-state index contributed by atoms with van der Waals surface area (Å²) in [6.07, 6.45) is 1.44. The van der Waals surface area contributed by atoms with E-state index < -0.39 is 6.09 Å². The van der Waals surface area contributed by atoms with Crippen molar-refractivity contribution in [1.82, 2.24) is 10.3 Å². The largest absolute Gasteiger partial charge is 0.465 e. The summed E-state index contributed by atoms with van der Waals surface area (Å²) in [7, 11) is 0. The molecule has 1 aromatic carbocycles. The van der Waals surface area contributed by atoms with Gasteiger partial charge in [0.25, 0.3) is 0 Å². The lowest BCUT2D eigenvalue weighted by atomic mass is 10.1. The normalized spacial score (nSPS) is 10.2. The van der Waals surface area contributed by atoms with Crippen molar-refractivity contribution in [3.05, 3.63) is 42.1 Å². The Morgan fingerprint density at radius 3 is 3.00 bits per heavy atom. The van der Waals surface area contributed by atoms with Crippen molar-refractivity contribution in [2.45, 2.75) is 6.42 Å². The van der Waals surface area contributed by atoms with E-state index in [1.54, 1.807) is 6.20 Å². The van der Waals surface area contributed by atoms with Crippen LogP contribution in [-0.2, 0) is 6.42 Å². The molecule has 0 bridgehead atoms. The second-order valence-corrected chi connectivity index (χ2v) is 3.47. The molecule has 1 aromatic heterocycles. The van der Waals surface area contributed by atoms with Crippen molar-refractivity contribution in [1.29, 1.82) is 0 Å². The SMILES string of the molecule is O=C(O)NCCc1cccc2ncccc12. The summed E-state index contributed by atoms with van der Waals surface area (Å²) in [4.78, 5) is 14.6. The number of rotatable bonds is 3. The van der Waals surface area contributed by atoms with Gasteiger partial charge in [-0.1, -0.05) is 18.2 Å². The summed E-state index contributed by atoms with van der Waals surface area (Å²) in [5.74, 6) is 0. The first-order chi connectivity index (χ1) is 7.77. The summed E-state index contributed by atoms with van der Waals surface area (Å²) in [6, 6.07) is 9.76. The van der Waals surface area contributed by atoms with E-state index in [0.717, 1.165) is 16.5 Å². The fourth-order valence-electron chi connectivity index (χ4n) is 1.69. The molecule has 0 atom stereocenters. The van der Waals surface area contributed by atoms with Crippen LogP contribution in [0.3, 0.4) is 0 Å². The first-order valence-electron chi connectivity index (χ1n) is 5.07. The Hall–Kier alpha value is -2.10. The van der Waals surface area contributed by atoms with E-state index in [2.05, 4.69) is 10.3 Å². The Morgan fingerprint density at radius 1 is 1.31 bits per heavy atom. The zero-order chi connectivity index (χ0) is 11.4. The van der Waals surface area contributed by atoms with Gasteiger partial charge >= 0.3 is 6.09 Å². The molecule has 4 nitrogen and oxygen atoms in total. The molecule has 1 heterocycles. The van der Waals surface area contributed by atoms with Gasteiger partial charge in [-0.15, -0.1) is 0 Å². The number of carbonyl (C=O) groups is 1. The third-order valence-electron chi connectivity index (χ3n) is 2.41. The lowest BCUT2D eigenvalue weighted by Gasteiger charge is -2.05. The third-order valence-corrected chi connectivity index (χ3v) is 2.41. The predicted octanol–water partition coefficient (Wildman–Crippen LogP) is 2.04. The van der Waals surface area contributed by atoms with Gasteiger partial charge in [-0.25, -0.2) is 4.79 Å². The van der Waals surface area contributed by atoms with Crippen molar-refractivity contribution in [3.63, 3.8) is 0 Å². The Kier molecular flexibility index (Phi) is 3.00. The number of benzene rings is 1. The number of nitrogens with one attached hydrogen (secondary N) is 1. The van der Waals surface area contributed by atoms with E-state index in [-0.39, 0.29) is 0 Å². The Morgan fingerprint density at radius 2 is 2.19 bits per heavy atom. The zero-order valence-corrected chi connectivity index (χ0v) is 8.68. The van der Waals surface area contributed by atoms with E-state index in [9.17, 15) is 4.79 Å². The lowest BCUT2D eigenvalue weighted by molar-refractivity contribution is 0.194. The quantitative estimate of drug-likeness (QED) is 0.825. The molecule has 0 saturated carbocycles. The number of pyridine rings is 1. The molecule has 0 aliphatic heterocycles. The maximum atomic E-state index is 10.3. The summed E-state index contributed by atoms with van der Waals surface area (Å²) in [5.41, 5.74) is 2.05. The molecule has 16 heavy (non-hydrogen) atoms. The van der Waals surface area contributed by atoms with Gasteiger partial charge < -0.3 is 10.4 Å². The van der Waals surface area contributed by atoms with E-state index in [1.807, 2.05) is 30.3 Å². The maximum Gasteiger partial charge on any atom is 0.404 e. The third kappa shape index (κ3) is 2.28. The van der Waals surface area contributed by atoms with Gasteiger partial charge in [0.1, 0.15) is 0 Å². The van der Waals surface area contributed by atoms with E-state index in [0.29, 0.717) is 13.0 Å². The summed E-state index contributed by atoms with van der Waals surface area (Å²) >= 11 is 0. The van der Waals surface area contributed by atoms with E-state index in [4.69, 9.17) is 5.11 Å². The van der Waals surface area contributed by atoms with Crippen molar-refractivity contribution < 1.29 is 9.90 Å². The van der Waals surface area contributed by atoms with Crippen LogP contribution < -0.4 is 5.32 Å². The highest BCUT2D eigenvalue weighted by Gasteiger charge is 2.01. The number of hydrogen-bond acceptors (Lipinski definition) is 2. The Balaban J connectivity index is 2.20.